The normalized spacial score (nSPS) is 16.9. The maximum absolute atomic E-state index is 10.8. The number of nitrogens with zero attached hydrogens (tertiary/aromatic N) is 2. The molecule has 0 amide bonds. The van der Waals surface area contributed by atoms with Gasteiger partial charge in [-0.2, -0.15) is 5.26 Å². The van der Waals surface area contributed by atoms with E-state index in [-0.39, 0.29) is 16.0 Å². The molecule has 4 nitrogen and oxygen atoms in total. The third-order valence-corrected chi connectivity index (χ3v) is 3.69. The second-order valence-corrected chi connectivity index (χ2v) is 4.74. The third-order valence-electron chi connectivity index (χ3n) is 3.69. The van der Waals surface area contributed by atoms with Crippen molar-refractivity contribution in [3.63, 3.8) is 0 Å². The van der Waals surface area contributed by atoms with E-state index in [1.165, 1.54) is 6.07 Å². The number of hydrogen-bond donors (Lipinski definition) is 0. The Morgan fingerprint density at radius 2 is 2.24 bits per heavy atom. The van der Waals surface area contributed by atoms with Crippen LogP contribution in [0.2, 0.25) is 0 Å². The highest BCUT2D eigenvalue weighted by Crippen LogP contribution is 2.43. The highest BCUT2D eigenvalue weighted by atomic mass is 16.6. The lowest BCUT2D eigenvalue weighted by Gasteiger charge is -2.35. The van der Waals surface area contributed by atoms with Crippen LogP contribution >= 0.6 is 0 Å². The molecule has 0 unspecified atom stereocenters. The van der Waals surface area contributed by atoms with Crippen molar-refractivity contribution in [3.05, 3.63) is 39.4 Å². The monoisotopic (exact) mass is 230 g/mol. The van der Waals surface area contributed by atoms with Crippen LogP contribution in [0.15, 0.2) is 18.2 Å². The van der Waals surface area contributed by atoms with Crippen LogP contribution in [0, 0.1) is 33.8 Å². The Balaban J connectivity index is 2.31. The predicted octanol–water partition coefficient (Wildman–Crippen LogP) is 3.14. The fraction of sp³-hybridized carbons (Fsp3) is 0.462. The quantitative estimate of drug-likeness (QED) is 0.591. The summed E-state index contributed by atoms with van der Waals surface area (Å²) in [5.74, 6) is 0. The van der Waals surface area contributed by atoms with E-state index in [2.05, 4.69) is 6.07 Å². The molecule has 1 saturated carbocycles. The van der Waals surface area contributed by atoms with Crippen molar-refractivity contribution in [2.75, 3.05) is 0 Å². The zero-order valence-electron chi connectivity index (χ0n) is 9.77. The van der Waals surface area contributed by atoms with Crippen LogP contribution in [-0.2, 0) is 6.42 Å². The van der Waals surface area contributed by atoms with Crippen molar-refractivity contribution in [2.24, 2.45) is 5.41 Å². The van der Waals surface area contributed by atoms with Crippen molar-refractivity contribution in [2.45, 2.75) is 32.6 Å². The van der Waals surface area contributed by atoms with Gasteiger partial charge in [0.15, 0.2) is 0 Å². The minimum absolute atomic E-state index is 0.148. The molecule has 1 aliphatic carbocycles. The molecule has 1 fully saturated rings. The first-order valence-corrected chi connectivity index (χ1v) is 5.72. The summed E-state index contributed by atoms with van der Waals surface area (Å²) in [6.45, 7) is 1.76. The standard InChI is InChI=1S/C13H14N2O2/c1-10-11(4-2-5-12(10)15(16)17)8-13(9-14)6-3-7-13/h2,4-5H,3,6-8H2,1H3. The molecule has 1 aliphatic rings. The van der Waals surface area contributed by atoms with Crippen molar-refractivity contribution >= 4 is 5.69 Å². The van der Waals surface area contributed by atoms with Gasteiger partial charge in [0.25, 0.3) is 5.69 Å². The molecule has 17 heavy (non-hydrogen) atoms. The van der Waals surface area contributed by atoms with E-state index < -0.39 is 0 Å². The third kappa shape index (κ3) is 2.01. The Labute approximate surface area is 100 Å². The molecule has 4 heteroatoms. The highest BCUT2D eigenvalue weighted by Gasteiger charge is 2.37. The van der Waals surface area contributed by atoms with E-state index in [1.54, 1.807) is 13.0 Å². The molecule has 0 atom stereocenters. The predicted molar refractivity (Wildman–Crippen MR) is 63.4 cm³/mol. The zero-order chi connectivity index (χ0) is 12.5. The summed E-state index contributed by atoms with van der Waals surface area (Å²) in [5.41, 5.74) is 1.49. The van der Waals surface area contributed by atoms with Gasteiger partial charge in [0, 0.05) is 11.6 Å². The fourth-order valence-corrected chi connectivity index (χ4v) is 2.36. The van der Waals surface area contributed by atoms with Crippen molar-refractivity contribution in [1.82, 2.24) is 0 Å². The van der Waals surface area contributed by atoms with Crippen molar-refractivity contribution in [1.29, 1.82) is 5.26 Å². The molecule has 1 aromatic rings. The Morgan fingerprint density at radius 1 is 1.53 bits per heavy atom. The first-order chi connectivity index (χ1) is 8.08. The van der Waals surface area contributed by atoms with Gasteiger partial charge in [-0.05, 0) is 31.7 Å². The van der Waals surface area contributed by atoms with Crippen LogP contribution in [0.4, 0.5) is 5.69 Å². The average Bonchev–Trinajstić information content (AvgIpc) is 2.25. The van der Waals surface area contributed by atoms with Crippen LogP contribution in [0.1, 0.15) is 30.4 Å². The summed E-state index contributed by atoms with van der Waals surface area (Å²) < 4.78 is 0. The van der Waals surface area contributed by atoms with Gasteiger partial charge in [0.2, 0.25) is 0 Å². The number of hydrogen-bond acceptors (Lipinski definition) is 3. The van der Waals surface area contributed by atoms with Crippen molar-refractivity contribution in [3.8, 4) is 6.07 Å². The first kappa shape index (κ1) is 11.6. The SMILES string of the molecule is Cc1c(CC2(C#N)CCC2)cccc1[N+](=O)[O-]. The minimum Gasteiger partial charge on any atom is -0.258 e. The van der Waals surface area contributed by atoms with E-state index in [1.807, 2.05) is 6.07 Å². The fourth-order valence-electron chi connectivity index (χ4n) is 2.36. The van der Waals surface area contributed by atoms with E-state index in [0.717, 1.165) is 24.8 Å². The summed E-state index contributed by atoms with van der Waals surface area (Å²) >= 11 is 0. The Morgan fingerprint density at radius 3 is 2.71 bits per heavy atom. The molecule has 0 N–H and O–H groups in total. The van der Waals surface area contributed by atoms with Gasteiger partial charge in [0.05, 0.1) is 16.4 Å². The number of nitro benzene ring substituents is 1. The first-order valence-electron chi connectivity index (χ1n) is 5.72. The second-order valence-electron chi connectivity index (χ2n) is 4.74. The summed E-state index contributed by atoms with van der Waals surface area (Å²) in [4.78, 5) is 10.5. The lowest BCUT2D eigenvalue weighted by atomic mass is 9.66. The molecule has 0 bridgehead atoms. The Hall–Kier alpha value is -1.89. The maximum atomic E-state index is 10.8. The van der Waals surface area contributed by atoms with Gasteiger partial charge in [0.1, 0.15) is 0 Å². The summed E-state index contributed by atoms with van der Waals surface area (Å²) in [7, 11) is 0. The van der Waals surface area contributed by atoms with Gasteiger partial charge in [-0.1, -0.05) is 18.6 Å². The van der Waals surface area contributed by atoms with Gasteiger partial charge < -0.3 is 0 Å². The molecule has 0 spiro atoms. The molecular formula is C13H14N2O2. The maximum Gasteiger partial charge on any atom is 0.272 e. The van der Waals surface area contributed by atoms with E-state index in [0.29, 0.717) is 12.0 Å². The number of benzene rings is 1. The zero-order valence-corrected chi connectivity index (χ0v) is 9.77. The molecule has 88 valence electrons. The molecular weight excluding hydrogens is 216 g/mol. The average molecular weight is 230 g/mol. The highest BCUT2D eigenvalue weighted by molar-refractivity contribution is 5.45. The summed E-state index contributed by atoms with van der Waals surface area (Å²) in [6.07, 6.45) is 3.54. The summed E-state index contributed by atoms with van der Waals surface area (Å²) in [6, 6.07) is 7.47. The Kier molecular flexibility index (Phi) is 2.84. The van der Waals surface area contributed by atoms with E-state index >= 15 is 0 Å². The smallest absolute Gasteiger partial charge is 0.258 e. The lowest BCUT2D eigenvalue weighted by molar-refractivity contribution is -0.385. The van der Waals surface area contributed by atoms with Gasteiger partial charge in [-0.3, -0.25) is 10.1 Å². The molecule has 0 heterocycles. The van der Waals surface area contributed by atoms with Crippen molar-refractivity contribution < 1.29 is 4.92 Å². The molecule has 0 radical (unpaired) electrons. The minimum atomic E-state index is -0.362. The van der Waals surface area contributed by atoms with Crippen LogP contribution < -0.4 is 0 Å². The number of nitriles is 1. The molecule has 0 aromatic heterocycles. The largest absolute Gasteiger partial charge is 0.272 e. The van der Waals surface area contributed by atoms with Crippen LogP contribution in [0.3, 0.4) is 0 Å². The van der Waals surface area contributed by atoms with E-state index in [9.17, 15) is 15.4 Å². The van der Waals surface area contributed by atoms with E-state index in [4.69, 9.17) is 0 Å². The number of nitro groups is 1. The van der Waals surface area contributed by atoms with Gasteiger partial charge in [-0.25, -0.2) is 0 Å². The molecule has 0 aliphatic heterocycles. The van der Waals surface area contributed by atoms with Crippen LogP contribution in [0.5, 0.6) is 0 Å². The lowest BCUT2D eigenvalue weighted by Crippen LogP contribution is -2.30. The molecule has 0 saturated heterocycles. The van der Waals surface area contributed by atoms with Gasteiger partial charge >= 0.3 is 0 Å². The Bertz CT molecular complexity index is 499. The summed E-state index contributed by atoms with van der Waals surface area (Å²) in [5, 5.41) is 20.0. The molecule has 2 rings (SSSR count). The molecule has 1 aromatic carbocycles. The topological polar surface area (TPSA) is 66.9 Å². The van der Waals surface area contributed by atoms with Crippen LogP contribution in [-0.4, -0.2) is 4.92 Å². The number of rotatable bonds is 3. The van der Waals surface area contributed by atoms with Gasteiger partial charge in [-0.15, -0.1) is 0 Å². The van der Waals surface area contributed by atoms with Crippen LogP contribution in [0.25, 0.3) is 0 Å². The second kappa shape index (κ2) is 4.17.